The van der Waals surface area contributed by atoms with E-state index in [1.807, 2.05) is 30.3 Å². The van der Waals surface area contributed by atoms with E-state index in [-0.39, 0.29) is 11.9 Å². The number of nitrogens with two attached hydrogens (primary N) is 3. The minimum atomic E-state index is -0.150. The van der Waals surface area contributed by atoms with Gasteiger partial charge in [0.15, 0.2) is 5.96 Å². The highest BCUT2D eigenvalue weighted by Crippen LogP contribution is 2.27. The molecule has 0 aliphatic carbocycles. The number of pyridine rings is 1. The monoisotopic (exact) mass is 284 g/mol. The molecule has 2 aromatic rings. The van der Waals surface area contributed by atoms with Gasteiger partial charge in [0.05, 0.1) is 5.69 Å². The van der Waals surface area contributed by atoms with Crippen molar-refractivity contribution < 1.29 is 4.74 Å². The summed E-state index contributed by atoms with van der Waals surface area (Å²) in [5.41, 5.74) is 17.5. The Bertz CT molecular complexity index is 650. The minimum Gasteiger partial charge on any atom is -0.485 e. The summed E-state index contributed by atoms with van der Waals surface area (Å²) in [7, 11) is 0. The number of nitrogens with zero attached hydrogens (tertiary/aromatic N) is 3. The Kier molecular flexibility index (Phi) is 4.70. The van der Waals surface area contributed by atoms with E-state index in [1.165, 1.54) is 0 Å². The molecule has 2 rings (SSSR count). The highest BCUT2D eigenvalue weighted by molar-refractivity contribution is 5.93. The van der Waals surface area contributed by atoms with Crippen LogP contribution in [0, 0.1) is 0 Å². The van der Waals surface area contributed by atoms with Gasteiger partial charge in [0.1, 0.15) is 18.0 Å². The SMILES string of the molecule is NC(N)=NC(N)=Nc1ccccc1OCc1ccccn1. The van der Waals surface area contributed by atoms with E-state index in [0.717, 1.165) is 5.69 Å². The van der Waals surface area contributed by atoms with Crippen molar-refractivity contribution >= 4 is 17.6 Å². The topological polar surface area (TPSA) is 125 Å². The number of ether oxygens (including phenoxy) is 1. The van der Waals surface area contributed by atoms with Gasteiger partial charge in [-0.1, -0.05) is 18.2 Å². The molecule has 0 saturated heterocycles. The van der Waals surface area contributed by atoms with Crippen LogP contribution in [-0.4, -0.2) is 16.9 Å². The summed E-state index contributed by atoms with van der Waals surface area (Å²) in [6.45, 7) is 0.329. The molecular weight excluding hydrogens is 268 g/mol. The first-order valence-corrected chi connectivity index (χ1v) is 6.20. The lowest BCUT2D eigenvalue weighted by molar-refractivity contribution is 0.302. The van der Waals surface area contributed by atoms with E-state index < -0.39 is 0 Å². The average Bonchev–Trinajstić information content (AvgIpc) is 2.46. The van der Waals surface area contributed by atoms with Gasteiger partial charge in [0, 0.05) is 6.20 Å². The van der Waals surface area contributed by atoms with Gasteiger partial charge in [-0.15, -0.1) is 0 Å². The predicted octanol–water partition coefficient (Wildman–Crippen LogP) is 0.880. The summed E-state index contributed by atoms with van der Waals surface area (Å²) in [6, 6.07) is 12.8. The summed E-state index contributed by atoms with van der Waals surface area (Å²) in [5.74, 6) is 0.379. The van der Waals surface area contributed by atoms with Crippen LogP contribution in [0.25, 0.3) is 0 Å². The molecule has 6 N–H and O–H groups in total. The van der Waals surface area contributed by atoms with Gasteiger partial charge in [-0.3, -0.25) is 4.98 Å². The van der Waals surface area contributed by atoms with Crippen LogP contribution in [0.1, 0.15) is 5.69 Å². The molecule has 1 aromatic carbocycles. The Hall–Kier alpha value is -3.09. The van der Waals surface area contributed by atoms with E-state index in [9.17, 15) is 0 Å². The maximum Gasteiger partial charge on any atom is 0.223 e. The third-order valence-corrected chi connectivity index (χ3v) is 2.45. The molecule has 1 heterocycles. The molecule has 7 nitrogen and oxygen atoms in total. The van der Waals surface area contributed by atoms with Crippen LogP contribution in [0.5, 0.6) is 5.75 Å². The summed E-state index contributed by atoms with van der Waals surface area (Å²) < 4.78 is 5.69. The predicted molar refractivity (Wildman–Crippen MR) is 82.1 cm³/mol. The van der Waals surface area contributed by atoms with Gasteiger partial charge >= 0.3 is 0 Å². The van der Waals surface area contributed by atoms with Crippen molar-refractivity contribution in [3.63, 3.8) is 0 Å². The molecule has 0 saturated carbocycles. The maximum atomic E-state index is 5.69. The van der Waals surface area contributed by atoms with Crippen molar-refractivity contribution in [3.8, 4) is 5.75 Å². The van der Waals surface area contributed by atoms with Crippen LogP contribution < -0.4 is 21.9 Å². The van der Waals surface area contributed by atoms with E-state index >= 15 is 0 Å². The lowest BCUT2D eigenvalue weighted by Gasteiger charge is -2.08. The van der Waals surface area contributed by atoms with Crippen LogP contribution in [0.4, 0.5) is 5.69 Å². The first kappa shape index (κ1) is 14.3. The van der Waals surface area contributed by atoms with Crippen molar-refractivity contribution in [2.24, 2.45) is 27.2 Å². The Morgan fingerprint density at radius 3 is 2.52 bits per heavy atom. The number of guanidine groups is 2. The van der Waals surface area contributed by atoms with Crippen molar-refractivity contribution in [1.82, 2.24) is 4.98 Å². The van der Waals surface area contributed by atoms with Crippen molar-refractivity contribution in [3.05, 3.63) is 54.4 Å². The smallest absolute Gasteiger partial charge is 0.223 e. The third-order valence-electron chi connectivity index (χ3n) is 2.45. The maximum absolute atomic E-state index is 5.69. The van der Waals surface area contributed by atoms with E-state index in [2.05, 4.69) is 15.0 Å². The van der Waals surface area contributed by atoms with Crippen LogP contribution >= 0.6 is 0 Å². The Morgan fingerprint density at radius 1 is 1.05 bits per heavy atom. The molecule has 108 valence electrons. The average molecular weight is 284 g/mol. The van der Waals surface area contributed by atoms with Crippen LogP contribution in [0.2, 0.25) is 0 Å². The summed E-state index contributed by atoms with van der Waals surface area (Å²) in [6.07, 6.45) is 1.71. The first-order valence-electron chi connectivity index (χ1n) is 6.20. The van der Waals surface area contributed by atoms with Crippen molar-refractivity contribution in [2.45, 2.75) is 6.61 Å². The largest absolute Gasteiger partial charge is 0.485 e. The van der Waals surface area contributed by atoms with Gasteiger partial charge in [0.25, 0.3) is 0 Å². The zero-order chi connectivity index (χ0) is 15.1. The van der Waals surface area contributed by atoms with Gasteiger partial charge < -0.3 is 21.9 Å². The summed E-state index contributed by atoms with van der Waals surface area (Å²) in [5, 5.41) is 0. The molecular formula is C14H16N6O. The highest BCUT2D eigenvalue weighted by atomic mass is 16.5. The second kappa shape index (κ2) is 6.90. The fourth-order valence-electron chi connectivity index (χ4n) is 1.59. The van der Waals surface area contributed by atoms with E-state index in [4.69, 9.17) is 21.9 Å². The molecule has 7 heteroatoms. The fraction of sp³-hybridized carbons (Fsp3) is 0.0714. The highest BCUT2D eigenvalue weighted by Gasteiger charge is 2.03. The normalized spacial score (nSPS) is 11.0. The second-order valence-electron chi connectivity index (χ2n) is 4.08. The Balaban J connectivity index is 2.15. The molecule has 21 heavy (non-hydrogen) atoms. The van der Waals surface area contributed by atoms with Crippen LogP contribution in [0.3, 0.4) is 0 Å². The molecule has 0 fully saturated rings. The Morgan fingerprint density at radius 2 is 1.81 bits per heavy atom. The standard InChI is InChI=1S/C14H16N6O/c15-13(16)20-14(17)19-11-6-1-2-7-12(11)21-9-10-5-3-4-8-18-10/h1-8H,9H2,(H6,15,16,17,19,20). The first-order chi connectivity index (χ1) is 10.1. The van der Waals surface area contributed by atoms with Gasteiger partial charge in [-0.05, 0) is 24.3 Å². The minimum absolute atomic E-state index is 0.0381. The number of hydrogen-bond acceptors (Lipinski definition) is 3. The number of hydrogen-bond donors (Lipinski definition) is 3. The lowest BCUT2D eigenvalue weighted by Crippen LogP contribution is -2.26. The summed E-state index contributed by atoms with van der Waals surface area (Å²) in [4.78, 5) is 12.0. The van der Waals surface area contributed by atoms with Gasteiger partial charge in [-0.2, -0.15) is 4.99 Å². The van der Waals surface area contributed by atoms with Crippen LogP contribution in [-0.2, 0) is 6.61 Å². The van der Waals surface area contributed by atoms with E-state index in [0.29, 0.717) is 18.0 Å². The lowest BCUT2D eigenvalue weighted by atomic mass is 10.3. The number of aromatic nitrogens is 1. The Labute approximate surface area is 122 Å². The molecule has 0 radical (unpaired) electrons. The molecule has 0 bridgehead atoms. The number of aliphatic imine (C=N–C) groups is 2. The van der Waals surface area contributed by atoms with Crippen LogP contribution in [0.15, 0.2) is 58.6 Å². The molecule has 0 spiro atoms. The van der Waals surface area contributed by atoms with E-state index in [1.54, 1.807) is 18.3 Å². The second-order valence-corrected chi connectivity index (χ2v) is 4.08. The van der Waals surface area contributed by atoms with Gasteiger partial charge in [0.2, 0.25) is 5.96 Å². The number of rotatable bonds is 4. The third kappa shape index (κ3) is 4.50. The molecule has 0 unspecified atom stereocenters. The summed E-state index contributed by atoms with van der Waals surface area (Å²) >= 11 is 0. The zero-order valence-corrected chi connectivity index (χ0v) is 11.3. The fourth-order valence-corrected chi connectivity index (χ4v) is 1.59. The molecule has 0 amide bonds. The zero-order valence-electron chi connectivity index (χ0n) is 11.3. The number of para-hydroxylation sites is 2. The quantitative estimate of drug-likeness (QED) is 0.567. The number of benzene rings is 1. The molecule has 0 atom stereocenters. The van der Waals surface area contributed by atoms with Crippen molar-refractivity contribution in [2.75, 3.05) is 0 Å². The molecule has 1 aromatic heterocycles. The molecule has 0 aliphatic heterocycles. The van der Waals surface area contributed by atoms with Gasteiger partial charge in [-0.25, -0.2) is 4.99 Å². The van der Waals surface area contributed by atoms with Crippen molar-refractivity contribution in [1.29, 1.82) is 0 Å². The molecule has 0 aliphatic rings.